The van der Waals surface area contributed by atoms with E-state index in [-0.39, 0.29) is 34.4 Å². The number of benzene rings is 2. The minimum atomic E-state index is -0.717. The molecule has 0 fully saturated rings. The van der Waals surface area contributed by atoms with Gasteiger partial charge in [-0.3, -0.25) is 9.59 Å². The molecule has 2 heterocycles. The van der Waals surface area contributed by atoms with E-state index >= 15 is 0 Å². The second kappa shape index (κ2) is 11.2. The van der Waals surface area contributed by atoms with Crippen molar-refractivity contribution >= 4 is 46.4 Å². The highest BCUT2D eigenvalue weighted by atomic mass is 35.5. The molecular formula is C31H29Cl2FN4O3. The van der Waals surface area contributed by atoms with Gasteiger partial charge in [0.1, 0.15) is 28.9 Å². The summed E-state index contributed by atoms with van der Waals surface area (Å²) in [6.45, 7) is 3.98. The number of methoxy groups -OCH3 is 1. The third-order valence-electron chi connectivity index (χ3n) is 7.21. The van der Waals surface area contributed by atoms with Crippen molar-refractivity contribution in [1.29, 1.82) is 0 Å². The van der Waals surface area contributed by atoms with E-state index in [2.05, 4.69) is 10.3 Å². The van der Waals surface area contributed by atoms with Gasteiger partial charge in [-0.05, 0) is 47.4 Å². The van der Waals surface area contributed by atoms with E-state index < -0.39 is 17.6 Å². The number of rotatable bonds is 7. The van der Waals surface area contributed by atoms with Crippen LogP contribution in [0.25, 0.3) is 5.69 Å². The van der Waals surface area contributed by atoms with Crippen LogP contribution in [-0.2, 0) is 11.2 Å². The predicted octanol–water partition coefficient (Wildman–Crippen LogP) is 7.03. The lowest BCUT2D eigenvalue weighted by Crippen LogP contribution is -2.19. The molecule has 0 aliphatic heterocycles. The lowest BCUT2D eigenvalue weighted by Gasteiger charge is -2.21. The van der Waals surface area contributed by atoms with E-state index in [1.165, 1.54) is 18.2 Å². The summed E-state index contributed by atoms with van der Waals surface area (Å²) in [5.74, 6) is -0.885. The highest BCUT2D eigenvalue weighted by molar-refractivity contribution is 6.31. The Hall–Kier alpha value is -3.88. The molecule has 41 heavy (non-hydrogen) atoms. The van der Waals surface area contributed by atoms with E-state index in [1.807, 2.05) is 43.5 Å². The summed E-state index contributed by atoms with van der Waals surface area (Å²) >= 11 is 12.3. The molecule has 1 atom stereocenters. The Kier molecular flexibility index (Phi) is 7.81. The summed E-state index contributed by atoms with van der Waals surface area (Å²) in [4.78, 5) is 34.0. The quantitative estimate of drug-likeness (QED) is 0.249. The van der Waals surface area contributed by atoms with E-state index in [0.717, 1.165) is 16.8 Å². The van der Waals surface area contributed by atoms with Gasteiger partial charge in [-0.25, -0.2) is 9.37 Å². The maximum Gasteiger partial charge on any atom is 0.257 e. The number of Topliss-reactive ketones (excluding diaryl/α,β-unsaturated/α-hetero) is 1. The number of carbonyl (C=O) groups excluding carboxylic acids is 2. The molecule has 1 aliphatic carbocycles. The van der Waals surface area contributed by atoms with Crippen molar-refractivity contribution < 1.29 is 18.7 Å². The number of halogens is 3. The number of aromatic nitrogens is 2. The van der Waals surface area contributed by atoms with Crippen LogP contribution in [0.1, 0.15) is 58.4 Å². The van der Waals surface area contributed by atoms with Gasteiger partial charge >= 0.3 is 0 Å². The van der Waals surface area contributed by atoms with Gasteiger partial charge in [0.05, 0.1) is 30.5 Å². The number of nitrogens with zero attached hydrogens (tertiary/aromatic N) is 3. The first-order valence-electron chi connectivity index (χ1n) is 13.0. The van der Waals surface area contributed by atoms with Gasteiger partial charge < -0.3 is 19.5 Å². The van der Waals surface area contributed by atoms with Crippen molar-refractivity contribution in [3.63, 3.8) is 0 Å². The van der Waals surface area contributed by atoms with Crippen molar-refractivity contribution in [2.75, 3.05) is 31.4 Å². The molecule has 212 valence electrons. The highest BCUT2D eigenvalue weighted by Gasteiger charge is 2.39. The third-order valence-corrected chi connectivity index (χ3v) is 7.68. The van der Waals surface area contributed by atoms with Crippen LogP contribution in [0, 0.1) is 5.82 Å². The van der Waals surface area contributed by atoms with E-state index in [0.29, 0.717) is 27.8 Å². The molecule has 1 aliphatic rings. The van der Waals surface area contributed by atoms with Crippen LogP contribution in [0.5, 0.6) is 5.75 Å². The van der Waals surface area contributed by atoms with Gasteiger partial charge in [-0.15, -0.1) is 0 Å². The molecule has 2 aromatic carbocycles. The van der Waals surface area contributed by atoms with Crippen LogP contribution in [0.15, 0.2) is 54.9 Å². The monoisotopic (exact) mass is 594 g/mol. The zero-order chi connectivity index (χ0) is 29.6. The van der Waals surface area contributed by atoms with Crippen molar-refractivity contribution in [3.05, 3.63) is 98.7 Å². The predicted molar refractivity (Wildman–Crippen MR) is 160 cm³/mol. The molecule has 1 N–H and O–H groups in total. The van der Waals surface area contributed by atoms with Gasteiger partial charge in [-0.1, -0.05) is 43.1 Å². The zero-order valence-corrected chi connectivity index (χ0v) is 24.8. The summed E-state index contributed by atoms with van der Waals surface area (Å²) in [5.41, 5.74) is 3.65. The number of ketones is 1. The third kappa shape index (κ3) is 5.29. The number of nitrogens with one attached hydrogen (secondary N) is 1. The van der Waals surface area contributed by atoms with Crippen LogP contribution in [-0.4, -0.2) is 42.4 Å². The van der Waals surface area contributed by atoms with Crippen LogP contribution < -0.4 is 15.0 Å². The topological polar surface area (TPSA) is 76.5 Å². The Balaban J connectivity index is 1.77. The Morgan fingerprint density at radius 3 is 2.54 bits per heavy atom. The fraction of sp³-hybridized carbons (Fsp3) is 0.258. The maximum atomic E-state index is 14.6. The minimum Gasteiger partial charge on any atom is -0.494 e. The summed E-state index contributed by atoms with van der Waals surface area (Å²) in [6, 6.07) is 11.1. The number of hydrogen-bond donors (Lipinski definition) is 1. The van der Waals surface area contributed by atoms with Crippen LogP contribution in [0.4, 0.5) is 15.9 Å². The molecular weight excluding hydrogens is 566 g/mol. The Labute approximate surface area is 247 Å². The molecule has 7 nitrogen and oxygen atoms in total. The van der Waals surface area contributed by atoms with Gasteiger partial charge in [0.2, 0.25) is 0 Å². The van der Waals surface area contributed by atoms with Gasteiger partial charge in [0.25, 0.3) is 5.91 Å². The largest absolute Gasteiger partial charge is 0.494 e. The van der Waals surface area contributed by atoms with E-state index in [4.69, 9.17) is 27.9 Å². The van der Waals surface area contributed by atoms with Crippen LogP contribution in [0.3, 0.4) is 0 Å². The number of hydrogen-bond acceptors (Lipinski definition) is 5. The van der Waals surface area contributed by atoms with Crippen molar-refractivity contribution in [2.45, 2.75) is 32.1 Å². The van der Waals surface area contributed by atoms with Gasteiger partial charge in [0, 0.05) is 54.1 Å². The number of anilines is 2. The number of amides is 1. The number of pyridine rings is 1. The Morgan fingerprint density at radius 2 is 1.85 bits per heavy atom. The van der Waals surface area contributed by atoms with Gasteiger partial charge in [0.15, 0.2) is 0 Å². The molecule has 1 amide bonds. The van der Waals surface area contributed by atoms with Crippen LogP contribution in [0.2, 0.25) is 10.0 Å². The minimum absolute atomic E-state index is 0.0575. The molecule has 0 saturated heterocycles. The summed E-state index contributed by atoms with van der Waals surface area (Å²) < 4.78 is 22.2. The lowest BCUT2D eigenvalue weighted by molar-refractivity contribution is -0.118. The average Bonchev–Trinajstić information content (AvgIpc) is 3.46. The molecule has 2 aromatic heterocycles. The molecule has 0 radical (unpaired) electrons. The Bertz CT molecular complexity index is 1680. The zero-order valence-electron chi connectivity index (χ0n) is 23.3. The average molecular weight is 596 g/mol. The second-order valence-electron chi connectivity index (χ2n) is 10.5. The molecule has 4 aromatic rings. The molecule has 5 rings (SSSR count). The smallest absolute Gasteiger partial charge is 0.257 e. The standard InChI is InChI=1S/C31H29Cl2FN4O3/c1-16(2)30-29(28-20-8-6-18(32)10-17(20)11-25(28)39)21(31(40)36-23-12-19(33)7-9-22(23)34)15-38(30)24-14-35-27(37(3)4)13-26(24)41-5/h6-10,12-16,28H,11H2,1-5H3,(H,36,40). The van der Waals surface area contributed by atoms with Crippen LogP contribution >= 0.6 is 23.2 Å². The first-order valence-corrected chi connectivity index (χ1v) is 13.8. The molecule has 0 saturated carbocycles. The molecule has 0 bridgehead atoms. The summed E-state index contributed by atoms with van der Waals surface area (Å²) in [5, 5.41) is 3.47. The molecule has 1 unspecified atom stereocenters. The summed E-state index contributed by atoms with van der Waals surface area (Å²) in [6.07, 6.45) is 3.53. The van der Waals surface area contributed by atoms with E-state index in [1.54, 1.807) is 37.7 Å². The number of fused-ring (bicyclic) bond motifs is 1. The highest BCUT2D eigenvalue weighted by Crippen LogP contribution is 2.44. The SMILES string of the molecule is COc1cc(N(C)C)ncc1-n1cc(C(=O)Nc2cc(Cl)ccc2F)c(C2C(=O)Cc3cc(Cl)ccc32)c1C(C)C. The van der Waals surface area contributed by atoms with Crippen molar-refractivity contribution in [2.24, 2.45) is 0 Å². The molecule has 10 heteroatoms. The first kappa shape index (κ1) is 28.6. The molecule has 0 spiro atoms. The number of ether oxygens (including phenoxy) is 1. The fourth-order valence-electron chi connectivity index (χ4n) is 5.39. The first-order chi connectivity index (χ1) is 19.5. The van der Waals surface area contributed by atoms with Crippen molar-refractivity contribution in [1.82, 2.24) is 9.55 Å². The number of carbonyl (C=O) groups is 2. The van der Waals surface area contributed by atoms with Gasteiger partial charge in [-0.2, -0.15) is 0 Å². The van der Waals surface area contributed by atoms with Crippen molar-refractivity contribution in [3.8, 4) is 11.4 Å². The second-order valence-corrected chi connectivity index (χ2v) is 11.3. The summed E-state index contributed by atoms with van der Waals surface area (Å²) in [7, 11) is 5.32. The maximum absolute atomic E-state index is 14.6. The lowest BCUT2D eigenvalue weighted by atomic mass is 9.86. The fourth-order valence-corrected chi connectivity index (χ4v) is 5.76. The normalized spacial score (nSPS) is 14.4. The Morgan fingerprint density at radius 1 is 1.15 bits per heavy atom. The van der Waals surface area contributed by atoms with E-state index in [9.17, 15) is 14.0 Å².